The number of amides is 2. The highest BCUT2D eigenvalue weighted by atomic mass is 32.2. The van der Waals surface area contributed by atoms with Crippen molar-refractivity contribution < 1.29 is 18.0 Å². The topological polar surface area (TPSA) is 83.6 Å². The van der Waals surface area contributed by atoms with Crippen molar-refractivity contribution >= 4 is 21.7 Å². The third kappa shape index (κ3) is 2.45. The summed E-state index contributed by atoms with van der Waals surface area (Å²) in [6.45, 7) is 1.69. The molecule has 3 fully saturated rings. The third-order valence-corrected chi connectivity index (χ3v) is 6.90. The Hall–Kier alpha value is -1.11. The fraction of sp³-hybridized carbons (Fsp3) is 0.857. The zero-order valence-electron chi connectivity index (χ0n) is 12.3. The lowest BCUT2D eigenvalue weighted by atomic mass is 9.89. The van der Waals surface area contributed by atoms with Crippen LogP contribution in [0.5, 0.6) is 0 Å². The van der Waals surface area contributed by atoms with Crippen molar-refractivity contribution in [3.8, 4) is 0 Å². The summed E-state index contributed by atoms with van der Waals surface area (Å²) in [5, 5.41) is 2.90. The average Bonchev–Trinajstić information content (AvgIpc) is 2.85. The van der Waals surface area contributed by atoms with E-state index in [1.165, 1.54) is 0 Å². The fourth-order valence-electron chi connectivity index (χ4n) is 3.96. The minimum Gasteiger partial charge on any atom is -0.340 e. The van der Waals surface area contributed by atoms with Gasteiger partial charge in [-0.25, -0.2) is 8.42 Å². The first-order chi connectivity index (χ1) is 9.85. The highest BCUT2D eigenvalue weighted by Crippen LogP contribution is 2.36. The number of carbonyl (C=O) groups excluding carboxylic acids is 2. The van der Waals surface area contributed by atoms with Gasteiger partial charge in [-0.1, -0.05) is 12.8 Å². The van der Waals surface area contributed by atoms with Crippen LogP contribution >= 0.6 is 0 Å². The highest BCUT2D eigenvalue weighted by molar-refractivity contribution is 7.91. The van der Waals surface area contributed by atoms with Crippen LogP contribution in [0.2, 0.25) is 0 Å². The lowest BCUT2D eigenvalue weighted by Crippen LogP contribution is -2.71. The molecule has 1 saturated carbocycles. The Morgan fingerprint density at radius 2 is 1.86 bits per heavy atom. The molecule has 2 unspecified atom stereocenters. The number of hydrogen-bond acceptors (Lipinski definition) is 4. The average molecular weight is 314 g/mol. The number of hydrogen-bond donors (Lipinski definition) is 1. The Labute approximate surface area is 125 Å². The molecule has 1 spiro atoms. The second kappa shape index (κ2) is 4.97. The summed E-state index contributed by atoms with van der Waals surface area (Å²) in [7, 11) is -3.11. The first-order valence-corrected chi connectivity index (χ1v) is 9.52. The molecule has 2 amide bonds. The molecule has 2 heterocycles. The van der Waals surface area contributed by atoms with Crippen molar-refractivity contribution in [2.75, 3.05) is 11.5 Å². The van der Waals surface area contributed by atoms with E-state index in [1.54, 1.807) is 11.8 Å². The molecular weight excluding hydrogens is 292 g/mol. The Kier molecular flexibility index (Phi) is 3.50. The number of rotatable bonds is 1. The van der Waals surface area contributed by atoms with Gasteiger partial charge in [0.15, 0.2) is 9.84 Å². The summed E-state index contributed by atoms with van der Waals surface area (Å²) in [6, 6.07) is -0.934. The molecule has 1 N–H and O–H groups in total. The van der Waals surface area contributed by atoms with Crippen molar-refractivity contribution in [2.45, 2.75) is 63.1 Å². The molecule has 3 aliphatic rings. The van der Waals surface area contributed by atoms with E-state index in [0.717, 1.165) is 12.8 Å². The summed E-state index contributed by atoms with van der Waals surface area (Å²) in [5.41, 5.74) is -0.773. The molecule has 6 nitrogen and oxygen atoms in total. The summed E-state index contributed by atoms with van der Waals surface area (Å²) in [5.74, 6) is -0.0439. The Morgan fingerprint density at radius 3 is 2.48 bits per heavy atom. The molecule has 2 saturated heterocycles. The molecule has 2 atom stereocenters. The second-order valence-electron chi connectivity index (χ2n) is 6.58. The normalized spacial score (nSPS) is 35.0. The van der Waals surface area contributed by atoms with Crippen LogP contribution < -0.4 is 5.32 Å². The molecule has 0 radical (unpaired) electrons. The van der Waals surface area contributed by atoms with Gasteiger partial charge in [-0.15, -0.1) is 0 Å². The maximum Gasteiger partial charge on any atom is 0.249 e. The summed E-state index contributed by atoms with van der Waals surface area (Å²) in [4.78, 5) is 26.8. The molecule has 0 aromatic rings. The molecule has 2 aliphatic heterocycles. The van der Waals surface area contributed by atoms with Gasteiger partial charge in [0.2, 0.25) is 11.8 Å². The summed E-state index contributed by atoms with van der Waals surface area (Å²) >= 11 is 0. The maximum absolute atomic E-state index is 12.9. The van der Waals surface area contributed by atoms with Crippen molar-refractivity contribution in [3.05, 3.63) is 0 Å². The molecule has 7 heteroatoms. The van der Waals surface area contributed by atoms with Gasteiger partial charge in [-0.3, -0.25) is 9.59 Å². The van der Waals surface area contributed by atoms with Gasteiger partial charge in [-0.2, -0.15) is 0 Å². The quantitative estimate of drug-likeness (QED) is 0.750. The molecule has 118 valence electrons. The fourth-order valence-corrected chi connectivity index (χ4v) is 5.65. The standard InChI is InChI=1S/C14H22N2O4S/c1-10-12(17)15-14(6-2-3-7-14)13(18)16(10)11-5-4-8-21(19,20)9-11/h10-11H,2-9H2,1H3,(H,15,17). The van der Waals surface area contributed by atoms with Gasteiger partial charge in [0.25, 0.3) is 0 Å². The molecular formula is C14H22N2O4S. The zero-order chi connectivity index (χ0) is 15.3. The van der Waals surface area contributed by atoms with Crippen molar-refractivity contribution in [1.82, 2.24) is 10.2 Å². The Morgan fingerprint density at radius 1 is 1.19 bits per heavy atom. The number of nitrogens with one attached hydrogen (secondary N) is 1. The van der Waals surface area contributed by atoms with Gasteiger partial charge in [-0.05, 0) is 32.6 Å². The highest BCUT2D eigenvalue weighted by Gasteiger charge is 2.53. The first-order valence-electron chi connectivity index (χ1n) is 7.70. The van der Waals surface area contributed by atoms with E-state index in [4.69, 9.17) is 0 Å². The maximum atomic E-state index is 12.9. The number of carbonyl (C=O) groups is 2. The summed E-state index contributed by atoms with van der Waals surface area (Å²) in [6.07, 6.45) is 4.42. The van der Waals surface area contributed by atoms with E-state index in [2.05, 4.69) is 5.32 Å². The van der Waals surface area contributed by atoms with Crippen molar-refractivity contribution in [2.24, 2.45) is 0 Å². The van der Waals surface area contributed by atoms with Gasteiger partial charge in [0.05, 0.1) is 11.5 Å². The molecule has 21 heavy (non-hydrogen) atoms. The molecule has 0 bridgehead atoms. The first kappa shape index (κ1) is 14.8. The summed E-state index contributed by atoms with van der Waals surface area (Å²) < 4.78 is 23.7. The van der Waals surface area contributed by atoms with E-state index in [-0.39, 0.29) is 29.4 Å². The number of nitrogens with zero attached hydrogens (tertiary/aromatic N) is 1. The van der Waals surface area contributed by atoms with Crippen LogP contribution in [0.4, 0.5) is 0 Å². The van der Waals surface area contributed by atoms with Crippen LogP contribution in [0, 0.1) is 0 Å². The monoisotopic (exact) mass is 314 g/mol. The minimum absolute atomic E-state index is 0.00750. The molecule has 1 aliphatic carbocycles. The van der Waals surface area contributed by atoms with E-state index in [1.807, 2.05) is 0 Å². The molecule has 0 aromatic carbocycles. The van der Waals surface area contributed by atoms with Crippen LogP contribution in [0.15, 0.2) is 0 Å². The molecule has 3 rings (SSSR count). The van der Waals surface area contributed by atoms with Crippen molar-refractivity contribution in [1.29, 1.82) is 0 Å². The second-order valence-corrected chi connectivity index (χ2v) is 8.81. The third-order valence-electron chi connectivity index (χ3n) is 5.09. The van der Waals surface area contributed by atoms with E-state index < -0.39 is 21.4 Å². The lowest BCUT2D eigenvalue weighted by molar-refractivity contribution is -0.156. The zero-order valence-corrected chi connectivity index (χ0v) is 13.1. The Bertz CT molecular complexity index is 566. The van der Waals surface area contributed by atoms with E-state index >= 15 is 0 Å². The van der Waals surface area contributed by atoms with Gasteiger partial charge >= 0.3 is 0 Å². The smallest absolute Gasteiger partial charge is 0.249 e. The van der Waals surface area contributed by atoms with E-state index in [9.17, 15) is 18.0 Å². The van der Waals surface area contributed by atoms with Crippen LogP contribution in [-0.2, 0) is 19.4 Å². The van der Waals surface area contributed by atoms with Crippen LogP contribution in [0.1, 0.15) is 45.4 Å². The largest absolute Gasteiger partial charge is 0.340 e. The lowest BCUT2D eigenvalue weighted by Gasteiger charge is -2.47. The van der Waals surface area contributed by atoms with Gasteiger partial charge in [0, 0.05) is 6.04 Å². The van der Waals surface area contributed by atoms with E-state index in [0.29, 0.717) is 25.7 Å². The van der Waals surface area contributed by atoms with Gasteiger partial charge < -0.3 is 10.2 Å². The predicted molar refractivity (Wildman–Crippen MR) is 77.3 cm³/mol. The SMILES string of the molecule is CC1C(=O)NC2(CCCC2)C(=O)N1C1CCCS(=O)(=O)C1. The predicted octanol–water partition coefficient (Wildman–Crippen LogP) is 0.223. The molecule has 0 aromatic heterocycles. The Balaban J connectivity index is 1.91. The van der Waals surface area contributed by atoms with Crippen LogP contribution in [-0.4, -0.2) is 54.3 Å². The minimum atomic E-state index is -3.11. The van der Waals surface area contributed by atoms with Crippen molar-refractivity contribution in [3.63, 3.8) is 0 Å². The van der Waals surface area contributed by atoms with Gasteiger partial charge in [0.1, 0.15) is 11.6 Å². The van der Waals surface area contributed by atoms with Crippen LogP contribution in [0.3, 0.4) is 0 Å². The van der Waals surface area contributed by atoms with Crippen LogP contribution in [0.25, 0.3) is 0 Å². The number of sulfone groups is 1. The number of piperazine rings is 1.